The van der Waals surface area contributed by atoms with Crippen molar-refractivity contribution >= 4 is 15.9 Å². The Morgan fingerprint density at radius 2 is 1.93 bits per heavy atom. The van der Waals surface area contributed by atoms with Crippen LogP contribution in [0.4, 0.5) is 17.6 Å². The molecule has 1 rings (SSSR count). The van der Waals surface area contributed by atoms with Gasteiger partial charge >= 0.3 is 10.8 Å². The molecule has 1 fully saturated rings. The molecular formula is C7H9BrF4O2. The third kappa shape index (κ3) is 3.70. The number of alkyl halides is 5. The summed E-state index contributed by atoms with van der Waals surface area (Å²) in [6.07, 6.45) is -1.06. The van der Waals surface area contributed by atoms with Crippen LogP contribution in [0.25, 0.3) is 0 Å². The summed E-state index contributed by atoms with van der Waals surface area (Å²) in [5, 5.41) is 0. The van der Waals surface area contributed by atoms with E-state index < -0.39 is 23.8 Å². The highest BCUT2D eigenvalue weighted by atomic mass is 79.9. The lowest BCUT2D eigenvalue weighted by molar-refractivity contribution is -0.158. The SMILES string of the molecule is FC(F)(Br)C(F)(F)CCOC[C@H]1CO1. The van der Waals surface area contributed by atoms with Gasteiger partial charge in [0.2, 0.25) is 0 Å². The van der Waals surface area contributed by atoms with Gasteiger partial charge in [-0.25, -0.2) is 0 Å². The van der Waals surface area contributed by atoms with Crippen LogP contribution in [0, 0.1) is 0 Å². The zero-order valence-corrected chi connectivity index (χ0v) is 8.70. The summed E-state index contributed by atoms with van der Waals surface area (Å²) in [6, 6.07) is 0. The van der Waals surface area contributed by atoms with Crippen molar-refractivity contribution in [3.05, 3.63) is 0 Å². The minimum Gasteiger partial charge on any atom is -0.378 e. The van der Waals surface area contributed by atoms with E-state index in [1.807, 2.05) is 0 Å². The second-order valence-electron chi connectivity index (χ2n) is 2.98. The van der Waals surface area contributed by atoms with Crippen molar-refractivity contribution in [1.82, 2.24) is 0 Å². The average molecular weight is 281 g/mol. The van der Waals surface area contributed by atoms with E-state index in [0.717, 1.165) is 0 Å². The van der Waals surface area contributed by atoms with Gasteiger partial charge in [0, 0.05) is 6.42 Å². The Morgan fingerprint density at radius 3 is 2.36 bits per heavy atom. The Labute approximate surface area is 86.7 Å². The molecule has 0 aromatic heterocycles. The van der Waals surface area contributed by atoms with Crippen LogP contribution in [0.1, 0.15) is 6.42 Å². The lowest BCUT2D eigenvalue weighted by Crippen LogP contribution is -2.36. The van der Waals surface area contributed by atoms with Crippen LogP contribution in [-0.2, 0) is 9.47 Å². The zero-order chi connectivity index (χ0) is 10.8. The summed E-state index contributed by atoms with van der Waals surface area (Å²) in [4.78, 5) is -4.18. The van der Waals surface area contributed by atoms with Gasteiger partial charge in [-0.3, -0.25) is 0 Å². The van der Waals surface area contributed by atoms with E-state index in [1.54, 1.807) is 15.9 Å². The van der Waals surface area contributed by atoms with Crippen molar-refractivity contribution in [2.24, 2.45) is 0 Å². The lowest BCUT2D eigenvalue weighted by Gasteiger charge is -2.20. The van der Waals surface area contributed by atoms with E-state index in [0.29, 0.717) is 6.61 Å². The van der Waals surface area contributed by atoms with Crippen LogP contribution >= 0.6 is 15.9 Å². The molecule has 0 amide bonds. The van der Waals surface area contributed by atoms with Crippen molar-refractivity contribution in [2.75, 3.05) is 19.8 Å². The van der Waals surface area contributed by atoms with Gasteiger partial charge in [-0.2, -0.15) is 17.6 Å². The average Bonchev–Trinajstić information content (AvgIpc) is 2.79. The first-order chi connectivity index (χ1) is 6.33. The lowest BCUT2D eigenvalue weighted by atomic mass is 10.2. The van der Waals surface area contributed by atoms with Gasteiger partial charge in [-0.1, -0.05) is 0 Å². The van der Waals surface area contributed by atoms with Crippen LogP contribution in [0.3, 0.4) is 0 Å². The van der Waals surface area contributed by atoms with Crippen LogP contribution in [0.15, 0.2) is 0 Å². The monoisotopic (exact) mass is 280 g/mol. The Balaban J connectivity index is 2.14. The molecule has 0 saturated carbocycles. The minimum atomic E-state index is -4.18. The van der Waals surface area contributed by atoms with Gasteiger partial charge in [0.1, 0.15) is 6.10 Å². The van der Waals surface area contributed by atoms with Gasteiger partial charge in [-0.05, 0) is 15.9 Å². The molecule has 0 aromatic carbocycles. The predicted molar refractivity (Wildman–Crippen MR) is 44.0 cm³/mol. The number of epoxide rings is 1. The quantitative estimate of drug-likeness (QED) is 0.323. The Morgan fingerprint density at radius 1 is 1.36 bits per heavy atom. The normalized spacial score (nSPS) is 22.5. The maximum absolute atomic E-state index is 12.6. The third-order valence-electron chi connectivity index (χ3n) is 1.68. The third-order valence-corrected chi connectivity index (χ3v) is 2.26. The van der Waals surface area contributed by atoms with Crippen molar-refractivity contribution in [1.29, 1.82) is 0 Å². The molecule has 0 aliphatic carbocycles. The van der Waals surface area contributed by atoms with E-state index >= 15 is 0 Å². The molecule has 0 aromatic rings. The largest absolute Gasteiger partial charge is 0.378 e. The van der Waals surface area contributed by atoms with Gasteiger partial charge in [0.15, 0.2) is 0 Å². The highest BCUT2D eigenvalue weighted by Gasteiger charge is 2.53. The minimum absolute atomic E-state index is 0.0481. The Bertz CT molecular complexity index is 191. The molecule has 0 N–H and O–H groups in total. The molecule has 1 atom stereocenters. The van der Waals surface area contributed by atoms with E-state index in [1.165, 1.54) is 0 Å². The Kier molecular flexibility index (Phi) is 3.76. The molecule has 0 unspecified atom stereocenters. The van der Waals surface area contributed by atoms with Gasteiger partial charge in [0.05, 0.1) is 19.8 Å². The van der Waals surface area contributed by atoms with Crippen LogP contribution in [0.2, 0.25) is 0 Å². The van der Waals surface area contributed by atoms with Crippen LogP contribution in [-0.4, -0.2) is 36.7 Å². The fourth-order valence-electron chi connectivity index (χ4n) is 0.721. The maximum atomic E-state index is 12.6. The first kappa shape index (κ1) is 12.2. The van der Waals surface area contributed by atoms with E-state index in [-0.39, 0.29) is 12.7 Å². The molecule has 1 aliphatic rings. The molecular weight excluding hydrogens is 272 g/mol. The maximum Gasteiger partial charge on any atom is 0.363 e. The van der Waals surface area contributed by atoms with Crippen LogP contribution in [0.5, 0.6) is 0 Å². The fraction of sp³-hybridized carbons (Fsp3) is 1.00. The number of hydrogen-bond acceptors (Lipinski definition) is 2. The first-order valence-electron chi connectivity index (χ1n) is 3.97. The molecule has 14 heavy (non-hydrogen) atoms. The Hall–Kier alpha value is 0.120. The zero-order valence-electron chi connectivity index (χ0n) is 7.11. The molecule has 84 valence electrons. The van der Waals surface area contributed by atoms with E-state index in [2.05, 4.69) is 0 Å². The second kappa shape index (κ2) is 4.32. The van der Waals surface area contributed by atoms with Crippen LogP contribution < -0.4 is 0 Å². The first-order valence-corrected chi connectivity index (χ1v) is 4.76. The standard InChI is InChI=1S/C7H9BrF4O2/c8-7(11,12)6(9,10)1-2-13-3-5-4-14-5/h5H,1-4H2/t5-/m0/s1. The number of hydrogen-bond donors (Lipinski definition) is 0. The van der Waals surface area contributed by atoms with Crippen molar-refractivity contribution in [3.8, 4) is 0 Å². The van der Waals surface area contributed by atoms with Crippen molar-refractivity contribution in [3.63, 3.8) is 0 Å². The molecule has 0 spiro atoms. The molecule has 7 heteroatoms. The topological polar surface area (TPSA) is 21.8 Å². The smallest absolute Gasteiger partial charge is 0.363 e. The number of rotatable bonds is 6. The van der Waals surface area contributed by atoms with Gasteiger partial charge in [-0.15, -0.1) is 0 Å². The summed E-state index contributed by atoms with van der Waals surface area (Å²) < 4.78 is 59.0. The summed E-state index contributed by atoms with van der Waals surface area (Å²) in [6.45, 7) is 0.322. The van der Waals surface area contributed by atoms with Gasteiger partial charge < -0.3 is 9.47 Å². The van der Waals surface area contributed by atoms with Gasteiger partial charge in [0.25, 0.3) is 0 Å². The molecule has 1 aliphatic heterocycles. The molecule has 1 heterocycles. The number of halogens is 5. The number of ether oxygens (including phenoxy) is 2. The predicted octanol–water partition coefficient (Wildman–Crippen LogP) is 2.41. The van der Waals surface area contributed by atoms with Crippen molar-refractivity contribution in [2.45, 2.75) is 23.3 Å². The van der Waals surface area contributed by atoms with Crippen molar-refractivity contribution < 1.29 is 27.0 Å². The van der Waals surface area contributed by atoms with E-state index in [4.69, 9.17) is 9.47 Å². The molecule has 1 saturated heterocycles. The molecule has 0 bridgehead atoms. The highest BCUT2D eigenvalue weighted by molar-refractivity contribution is 9.10. The fourth-order valence-corrected chi connectivity index (χ4v) is 0.919. The van der Waals surface area contributed by atoms with E-state index in [9.17, 15) is 17.6 Å². The highest BCUT2D eigenvalue weighted by Crippen LogP contribution is 2.41. The molecule has 2 nitrogen and oxygen atoms in total. The summed E-state index contributed by atoms with van der Waals surface area (Å²) in [5.41, 5.74) is 0. The summed E-state index contributed by atoms with van der Waals surface area (Å²) >= 11 is 1.63. The second-order valence-corrected chi connectivity index (χ2v) is 3.98. The summed E-state index contributed by atoms with van der Waals surface area (Å²) in [7, 11) is 0. The molecule has 0 radical (unpaired) electrons. The summed E-state index contributed by atoms with van der Waals surface area (Å²) in [5.74, 6) is -4.09.